The van der Waals surface area contributed by atoms with Gasteiger partial charge in [0.05, 0.1) is 23.1 Å². The van der Waals surface area contributed by atoms with Crippen molar-refractivity contribution in [3.63, 3.8) is 0 Å². The molecule has 5 nitrogen and oxygen atoms in total. The quantitative estimate of drug-likeness (QED) is 0.861. The van der Waals surface area contributed by atoms with Crippen molar-refractivity contribution in [3.05, 3.63) is 29.3 Å². The van der Waals surface area contributed by atoms with Gasteiger partial charge in [-0.3, -0.25) is 4.79 Å². The zero-order valence-electron chi connectivity index (χ0n) is 11.5. The Kier molecular flexibility index (Phi) is 3.71. The topological polar surface area (TPSA) is 72.5 Å². The Hall–Kier alpha value is -1.11. The maximum Gasteiger partial charge on any atom is 0.261 e. The van der Waals surface area contributed by atoms with Crippen molar-refractivity contribution in [1.29, 1.82) is 0 Å². The van der Waals surface area contributed by atoms with E-state index in [1.54, 1.807) is 13.0 Å². The van der Waals surface area contributed by atoms with E-state index in [1.165, 1.54) is 12.1 Å². The molecule has 1 amide bonds. The predicted molar refractivity (Wildman–Crippen MR) is 78.0 cm³/mol. The maximum atomic E-state index is 12.4. The molecule has 0 aliphatic carbocycles. The number of ether oxygens (including phenoxy) is 1. The van der Waals surface area contributed by atoms with Gasteiger partial charge < -0.3 is 10.1 Å². The first-order valence-electron chi connectivity index (χ1n) is 6.86. The zero-order valence-corrected chi connectivity index (χ0v) is 13.1. The number of halogens is 1. The third-order valence-electron chi connectivity index (χ3n) is 4.16. The van der Waals surface area contributed by atoms with Gasteiger partial charge in [0, 0.05) is 16.2 Å². The minimum Gasteiger partial charge on any atom is -0.373 e. The van der Waals surface area contributed by atoms with Crippen LogP contribution in [0.4, 0.5) is 0 Å². The van der Waals surface area contributed by atoms with Crippen LogP contribution < -0.4 is 5.32 Å². The Morgan fingerprint density at radius 1 is 1.38 bits per heavy atom. The van der Waals surface area contributed by atoms with Crippen LogP contribution in [0.15, 0.2) is 23.1 Å². The van der Waals surface area contributed by atoms with Crippen LogP contribution in [0.3, 0.4) is 0 Å². The molecule has 0 spiro atoms. The number of hydrogen-bond acceptors (Lipinski definition) is 4. The molecule has 1 N–H and O–H groups in total. The number of rotatable bonds is 3. The molecule has 2 saturated heterocycles. The van der Waals surface area contributed by atoms with Crippen LogP contribution in [0.2, 0.25) is 0 Å². The minimum absolute atomic E-state index is 0.00640. The van der Waals surface area contributed by atoms with E-state index < -0.39 is 9.05 Å². The summed E-state index contributed by atoms with van der Waals surface area (Å²) in [5.74, 6) is -0.282. The molecule has 1 aromatic rings. The first-order chi connectivity index (χ1) is 9.84. The van der Waals surface area contributed by atoms with Gasteiger partial charge in [0.25, 0.3) is 15.0 Å². The first kappa shape index (κ1) is 14.8. The van der Waals surface area contributed by atoms with Crippen LogP contribution in [0.25, 0.3) is 0 Å². The molecule has 2 heterocycles. The second kappa shape index (κ2) is 5.26. The Labute approximate surface area is 128 Å². The molecule has 3 atom stereocenters. The third kappa shape index (κ3) is 2.93. The summed E-state index contributed by atoms with van der Waals surface area (Å²) in [7, 11) is 1.49. The number of carbonyl (C=O) groups excluding carboxylic acids is 1. The number of fused-ring (bicyclic) bond motifs is 2. The number of carbonyl (C=O) groups is 1. The van der Waals surface area contributed by atoms with Crippen LogP contribution in [0.1, 0.15) is 35.2 Å². The Morgan fingerprint density at radius 2 is 2.14 bits per heavy atom. The molecule has 3 unspecified atom stereocenters. The van der Waals surface area contributed by atoms with Crippen molar-refractivity contribution in [3.8, 4) is 0 Å². The van der Waals surface area contributed by atoms with Gasteiger partial charge in [-0.15, -0.1) is 0 Å². The van der Waals surface area contributed by atoms with E-state index >= 15 is 0 Å². The smallest absolute Gasteiger partial charge is 0.261 e. The number of amides is 1. The van der Waals surface area contributed by atoms with Gasteiger partial charge in [-0.05, 0) is 43.9 Å². The lowest BCUT2D eigenvalue weighted by molar-refractivity contribution is 0.0840. The molecular weight excluding hydrogens is 314 g/mol. The maximum absolute atomic E-state index is 12.4. The van der Waals surface area contributed by atoms with E-state index in [4.69, 9.17) is 15.4 Å². The number of hydrogen-bond donors (Lipinski definition) is 1. The zero-order chi connectivity index (χ0) is 15.2. The van der Waals surface area contributed by atoms with Gasteiger partial charge in [-0.1, -0.05) is 6.07 Å². The SMILES string of the molecule is Cc1ccc(S(=O)(=O)Cl)cc1C(=O)NC1CC2CCC1O2. The average molecular weight is 330 g/mol. The highest BCUT2D eigenvalue weighted by molar-refractivity contribution is 8.13. The van der Waals surface area contributed by atoms with Crippen molar-refractivity contribution in [2.75, 3.05) is 0 Å². The summed E-state index contributed by atoms with van der Waals surface area (Å²) in [6, 6.07) is 4.31. The van der Waals surface area contributed by atoms with E-state index in [9.17, 15) is 13.2 Å². The van der Waals surface area contributed by atoms with E-state index in [-0.39, 0.29) is 29.1 Å². The molecule has 0 aromatic heterocycles. The highest BCUT2D eigenvalue weighted by Gasteiger charge is 2.41. The van der Waals surface area contributed by atoms with Crippen molar-refractivity contribution >= 4 is 25.6 Å². The number of nitrogens with one attached hydrogen (secondary N) is 1. The lowest BCUT2D eigenvalue weighted by Crippen LogP contribution is -2.41. The largest absolute Gasteiger partial charge is 0.373 e. The molecule has 2 aliphatic heterocycles. The van der Waals surface area contributed by atoms with E-state index in [0.717, 1.165) is 19.3 Å². The van der Waals surface area contributed by atoms with Gasteiger partial charge in [0.2, 0.25) is 0 Å². The van der Waals surface area contributed by atoms with Crippen molar-refractivity contribution in [2.45, 2.75) is 49.3 Å². The molecule has 3 rings (SSSR count). The van der Waals surface area contributed by atoms with Gasteiger partial charge in [-0.2, -0.15) is 0 Å². The third-order valence-corrected chi connectivity index (χ3v) is 5.51. The molecule has 1 aromatic carbocycles. The molecule has 2 fully saturated rings. The van der Waals surface area contributed by atoms with Crippen LogP contribution in [-0.2, 0) is 13.8 Å². The minimum atomic E-state index is -3.84. The summed E-state index contributed by atoms with van der Waals surface area (Å²) in [6.45, 7) is 1.76. The Morgan fingerprint density at radius 3 is 2.71 bits per heavy atom. The summed E-state index contributed by atoms with van der Waals surface area (Å²) in [4.78, 5) is 12.3. The molecular formula is C14H16ClNO4S. The van der Waals surface area contributed by atoms with Gasteiger partial charge in [0.1, 0.15) is 0 Å². The normalized spacial score (nSPS) is 27.8. The average Bonchev–Trinajstić information content (AvgIpc) is 2.99. The molecule has 21 heavy (non-hydrogen) atoms. The second-order valence-corrected chi connectivity index (χ2v) is 8.17. The number of aryl methyl sites for hydroxylation is 1. The molecule has 0 saturated carbocycles. The van der Waals surface area contributed by atoms with Crippen molar-refractivity contribution in [2.24, 2.45) is 0 Å². The summed E-state index contributed by atoms with van der Waals surface area (Å²) < 4.78 is 28.5. The monoisotopic (exact) mass is 329 g/mol. The standard InChI is InChI=1S/C14H16ClNO4S/c1-8-2-4-10(21(15,18)19)7-11(8)14(17)16-12-6-9-3-5-13(12)20-9/h2,4,7,9,12-13H,3,5-6H2,1H3,(H,16,17). The first-order valence-corrected chi connectivity index (χ1v) is 9.17. The summed E-state index contributed by atoms with van der Waals surface area (Å²) in [6.07, 6.45) is 3.17. The molecule has 114 valence electrons. The molecule has 7 heteroatoms. The number of benzene rings is 1. The Bertz CT molecular complexity index is 688. The van der Waals surface area contributed by atoms with E-state index in [0.29, 0.717) is 11.1 Å². The fraction of sp³-hybridized carbons (Fsp3) is 0.500. The summed E-state index contributed by atoms with van der Waals surface area (Å²) in [5.41, 5.74) is 1.04. The van der Waals surface area contributed by atoms with Gasteiger partial charge in [-0.25, -0.2) is 8.42 Å². The lowest BCUT2D eigenvalue weighted by atomic mass is 9.95. The Balaban J connectivity index is 1.81. The van der Waals surface area contributed by atoms with Crippen LogP contribution in [-0.4, -0.2) is 32.6 Å². The molecule has 2 aliphatic rings. The fourth-order valence-electron chi connectivity index (χ4n) is 3.03. The van der Waals surface area contributed by atoms with Crippen LogP contribution in [0.5, 0.6) is 0 Å². The van der Waals surface area contributed by atoms with E-state index in [2.05, 4.69) is 5.32 Å². The highest BCUT2D eigenvalue weighted by atomic mass is 35.7. The summed E-state index contributed by atoms with van der Waals surface area (Å²) in [5, 5.41) is 2.94. The summed E-state index contributed by atoms with van der Waals surface area (Å²) >= 11 is 0. The van der Waals surface area contributed by atoms with Crippen LogP contribution in [0, 0.1) is 6.92 Å². The van der Waals surface area contributed by atoms with Gasteiger partial charge in [0.15, 0.2) is 0 Å². The van der Waals surface area contributed by atoms with Crippen molar-refractivity contribution in [1.82, 2.24) is 5.32 Å². The highest BCUT2D eigenvalue weighted by Crippen LogP contribution is 2.34. The predicted octanol–water partition coefficient (Wildman–Crippen LogP) is 1.97. The second-order valence-electron chi connectivity index (χ2n) is 5.60. The van der Waals surface area contributed by atoms with Gasteiger partial charge >= 0.3 is 0 Å². The fourth-order valence-corrected chi connectivity index (χ4v) is 3.81. The van der Waals surface area contributed by atoms with Crippen molar-refractivity contribution < 1.29 is 17.9 Å². The lowest BCUT2D eigenvalue weighted by Gasteiger charge is -2.20. The molecule has 0 radical (unpaired) electrons. The molecule has 2 bridgehead atoms. The van der Waals surface area contributed by atoms with E-state index in [1.807, 2.05) is 0 Å². The van der Waals surface area contributed by atoms with Crippen LogP contribution >= 0.6 is 10.7 Å².